The molecule has 11 heavy (non-hydrogen) atoms. The van der Waals surface area contributed by atoms with E-state index in [1.807, 2.05) is 0 Å². The van der Waals surface area contributed by atoms with Crippen LogP contribution in [0.4, 0.5) is 0 Å². The van der Waals surface area contributed by atoms with Crippen LogP contribution in [0.3, 0.4) is 0 Å². The molecule has 1 unspecified atom stereocenters. The van der Waals surface area contributed by atoms with E-state index in [1.54, 1.807) is 0 Å². The van der Waals surface area contributed by atoms with Crippen molar-refractivity contribution in [2.24, 2.45) is 0 Å². The third-order valence-corrected chi connectivity index (χ3v) is 2.52. The van der Waals surface area contributed by atoms with Crippen molar-refractivity contribution in [1.82, 2.24) is 0 Å². The van der Waals surface area contributed by atoms with E-state index in [2.05, 4.69) is 0 Å². The molecule has 0 spiro atoms. The summed E-state index contributed by atoms with van der Waals surface area (Å²) in [4.78, 5) is 0. The van der Waals surface area contributed by atoms with Gasteiger partial charge in [-0.1, -0.05) is 0 Å². The molecule has 0 aliphatic heterocycles. The highest BCUT2D eigenvalue weighted by Gasteiger charge is 2.09. The molecule has 0 saturated heterocycles. The van der Waals surface area contributed by atoms with Gasteiger partial charge in [0.2, 0.25) is 0 Å². The molecule has 0 aromatic rings. The van der Waals surface area contributed by atoms with Crippen LogP contribution in [0.2, 0.25) is 0 Å². The van der Waals surface area contributed by atoms with Crippen LogP contribution in [0.15, 0.2) is 0 Å². The first-order valence-corrected chi connectivity index (χ1v) is 5.22. The maximum Gasteiger partial charge on any atom is 0.0846 e. The molecule has 0 aliphatic rings. The Kier molecular flexibility index (Phi) is 8.54. The topological polar surface area (TPSA) is 9.23 Å². The van der Waals surface area contributed by atoms with Crippen molar-refractivity contribution in [2.75, 3.05) is 24.2 Å². The molecule has 5 heteroatoms. The molecular formula is C6H10Cl4O. The van der Waals surface area contributed by atoms with E-state index in [9.17, 15) is 0 Å². The van der Waals surface area contributed by atoms with Crippen molar-refractivity contribution in [3.63, 3.8) is 0 Å². The van der Waals surface area contributed by atoms with E-state index in [1.165, 1.54) is 0 Å². The Morgan fingerprint density at radius 1 is 1.00 bits per heavy atom. The van der Waals surface area contributed by atoms with Crippen LogP contribution in [-0.2, 0) is 4.74 Å². The van der Waals surface area contributed by atoms with Gasteiger partial charge in [-0.15, -0.1) is 46.4 Å². The van der Waals surface area contributed by atoms with Gasteiger partial charge in [0.15, 0.2) is 0 Å². The smallest absolute Gasteiger partial charge is 0.0846 e. The van der Waals surface area contributed by atoms with Crippen molar-refractivity contribution in [1.29, 1.82) is 0 Å². The normalized spacial score (nSPS) is 13.9. The minimum atomic E-state index is -0.161. The van der Waals surface area contributed by atoms with Gasteiger partial charge in [-0.3, -0.25) is 0 Å². The molecule has 0 fully saturated rings. The van der Waals surface area contributed by atoms with E-state index in [4.69, 9.17) is 51.1 Å². The molecule has 0 amide bonds. The Bertz CT molecular complexity index is 86.7. The second-order valence-electron chi connectivity index (χ2n) is 2.02. The lowest BCUT2D eigenvalue weighted by molar-refractivity contribution is 0.0859. The van der Waals surface area contributed by atoms with Gasteiger partial charge in [0, 0.05) is 17.6 Å². The van der Waals surface area contributed by atoms with Crippen LogP contribution in [0.5, 0.6) is 0 Å². The molecule has 0 saturated carbocycles. The summed E-state index contributed by atoms with van der Waals surface area (Å²) < 4.78 is 5.21. The van der Waals surface area contributed by atoms with Gasteiger partial charge in [-0.2, -0.15) is 0 Å². The highest BCUT2D eigenvalue weighted by molar-refractivity contribution is 6.28. The maximum atomic E-state index is 5.68. The predicted octanol–water partition coefficient (Wildman–Crippen LogP) is 2.70. The molecular weight excluding hydrogens is 230 g/mol. The molecule has 0 radical (unpaired) electrons. The number of alkyl halides is 4. The standard InChI is InChI=1S/C6H10Cl4O/c7-1-5(10)4-11-6(2-8)3-9/h5-6H,1-4H2. The predicted molar refractivity (Wildman–Crippen MR) is 51.5 cm³/mol. The van der Waals surface area contributed by atoms with Crippen molar-refractivity contribution in [3.8, 4) is 0 Å². The van der Waals surface area contributed by atoms with Gasteiger partial charge in [0.1, 0.15) is 0 Å². The van der Waals surface area contributed by atoms with Crippen molar-refractivity contribution < 1.29 is 4.74 Å². The van der Waals surface area contributed by atoms with Crippen LogP contribution in [0, 0.1) is 0 Å². The van der Waals surface area contributed by atoms with Gasteiger partial charge in [0.05, 0.1) is 18.1 Å². The monoisotopic (exact) mass is 238 g/mol. The summed E-state index contributed by atoms with van der Waals surface area (Å²) >= 11 is 22.1. The van der Waals surface area contributed by atoms with Gasteiger partial charge < -0.3 is 4.74 Å². The number of hydrogen-bond donors (Lipinski definition) is 0. The summed E-state index contributed by atoms with van der Waals surface area (Å²) in [6, 6.07) is 0. The second-order valence-corrected chi connectivity index (χ2v) is 3.56. The number of ether oxygens (including phenoxy) is 1. The van der Waals surface area contributed by atoms with E-state index >= 15 is 0 Å². The van der Waals surface area contributed by atoms with Crippen molar-refractivity contribution in [3.05, 3.63) is 0 Å². The molecule has 68 valence electrons. The van der Waals surface area contributed by atoms with E-state index in [0.29, 0.717) is 24.2 Å². The zero-order valence-electron chi connectivity index (χ0n) is 5.90. The summed E-state index contributed by atoms with van der Waals surface area (Å²) in [5.41, 5.74) is 0. The second kappa shape index (κ2) is 7.75. The fourth-order valence-electron chi connectivity index (χ4n) is 0.415. The fraction of sp³-hybridized carbons (Fsp3) is 1.00. The zero-order chi connectivity index (χ0) is 8.69. The van der Waals surface area contributed by atoms with E-state index < -0.39 is 0 Å². The van der Waals surface area contributed by atoms with Gasteiger partial charge in [0.25, 0.3) is 0 Å². The van der Waals surface area contributed by atoms with Crippen LogP contribution in [0.25, 0.3) is 0 Å². The Labute approximate surface area is 86.9 Å². The molecule has 0 rings (SSSR count). The summed E-state index contributed by atoms with van der Waals surface area (Å²) in [6.45, 7) is 0.398. The first-order valence-electron chi connectivity index (χ1n) is 3.18. The Morgan fingerprint density at radius 2 is 1.55 bits per heavy atom. The molecule has 1 atom stereocenters. The maximum absolute atomic E-state index is 5.68. The minimum absolute atomic E-state index is 0.122. The highest BCUT2D eigenvalue weighted by Crippen LogP contribution is 2.04. The Balaban J connectivity index is 3.34. The lowest BCUT2D eigenvalue weighted by Gasteiger charge is -2.13. The fourth-order valence-corrected chi connectivity index (χ4v) is 1.09. The first-order chi connectivity index (χ1) is 5.24. The number of halogens is 4. The quantitative estimate of drug-likeness (QED) is 0.648. The Hall–Kier alpha value is 1.12. The average Bonchev–Trinajstić information content (AvgIpc) is 2.06. The Morgan fingerprint density at radius 3 is 1.91 bits per heavy atom. The van der Waals surface area contributed by atoms with E-state index in [0.717, 1.165) is 0 Å². The third-order valence-electron chi connectivity index (χ3n) is 1.02. The molecule has 1 nitrogen and oxygen atoms in total. The summed E-state index contributed by atoms with van der Waals surface area (Å²) in [6.07, 6.45) is -0.122. The van der Waals surface area contributed by atoms with Gasteiger partial charge in [-0.05, 0) is 0 Å². The van der Waals surface area contributed by atoms with Gasteiger partial charge >= 0.3 is 0 Å². The van der Waals surface area contributed by atoms with Crippen LogP contribution >= 0.6 is 46.4 Å². The molecule has 0 N–H and O–H groups in total. The lowest BCUT2D eigenvalue weighted by atomic mass is 10.4. The average molecular weight is 240 g/mol. The lowest BCUT2D eigenvalue weighted by Crippen LogP contribution is -2.22. The molecule has 0 aliphatic carbocycles. The molecule has 0 aromatic carbocycles. The van der Waals surface area contributed by atoms with Gasteiger partial charge in [-0.25, -0.2) is 0 Å². The molecule has 0 heterocycles. The molecule has 0 bridgehead atoms. The highest BCUT2D eigenvalue weighted by atomic mass is 35.5. The summed E-state index contributed by atoms with van der Waals surface area (Å²) in [7, 11) is 0. The summed E-state index contributed by atoms with van der Waals surface area (Å²) in [5.74, 6) is 1.14. The number of hydrogen-bond acceptors (Lipinski definition) is 1. The van der Waals surface area contributed by atoms with Crippen LogP contribution < -0.4 is 0 Å². The van der Waals surface area contributed by atoms with Crippen molar-refractivity contribution in [2.45, 2.75) is 11.5 Å². The first kappa shape index (κ1) is 12.1. The number of rotatable bonds is 6. The largest absolute Gasteiger partial charge is 0.374 e. The van der Waals surface area contributed by atoms with Crippen LogP contribution in [0.1, 0.15) is 0 Å². The van der Waals surface area contributed by atoms with Crippen molar-refractivity contribution >= 4 is 46.4 Å². The third kappa shape index (κ3) is 6.30. The zero-order valence-corrected chi connectivity index (χ0v) is 8.93. The minimum Gasteiger partial charge on any atom is -0.374 e. The van der Waals surface area contributed by atoms with E-state index in [-0.39, 0.29) is 11.5 Å². The SMILES string of the molecule is ClCC(Cl)COC(CCl)CCl. The molecule has 0 aromatic heterocycles. The van der Waals surface area contributed by atoms with Crippen LogP contribution in [-0.4, -0.2) is 35.7 Å². The summed E-state index contributed by atoms with van der Waals surface area (Å²) in [5, 5.41) is -0.161.